The summed E-state index contributed by atoms with van der Waals surface area (Å²) in [4.78, 5) is 12.0. The molecule has 1 aromatic carbocycles. The van der Waals surface area contributed by atoms with E-state index in [0.29, 0.717) is 5.16 Å². The highest BCUT2D eigenvalue weighted by Gasteiger charge is 2.17. The second-order valence-electron chi connectivity index (χ2n) is 4.20. The molecule has 1 heterocycles. The van der Waals surface area contributed by atoms with Gasteiger partial charge in [-0.15, -0.1) is 5.10 Å². The molecule has 0 bridgehead atoms. The van der Waals surface area contributed by atoms with Gasteiger partial charge in [-0.3, -0.25) is 4.79 Å². The molecule has 1 aromatic heterocycles. The maximum atomic E-state index is 12.0. The van der Waals surface area contributed by atoms with Crippen molar-refractivity contribution in [2.24, 2.45) is 7.05 Å². The van der Waals surface area contributed by atoms with Crippen LogP contribution < -0.4 is 5.32 Å². The first kappa shape index (κ1) is 13.5. The number of carbonyl (C=O) groups is 1. The lowest BCUT2D eigenvalue weighted by Gasteiger charge is -2.10. The minimum atomic E-state index is -0.272. The Hall–Kier alpha value is -1.89. The van der Waals surface area contributed by atoms with Gasteiger partial charge in [-0.2, -0.15) is 0 Å². The number of nitrogens with one attached hydrogen (secondary N) is 1. The van der Waals surface area contributed by atoms with Crippen LogP contribution in [-0.2, 0) is 11.8 Å². The van der Waals surface area contributed by atoms with E-state index < -0.39 is 0 Å². The molecule has 0 fully saturated rings. The quantitative estimate of drug-likeness (QED) is 0.860. The molecule has 0 aliphatic heterocycles. The van der Waals surface area contributed by atoms with E-state index in [1.54, 1.807) is 11.7 Å². The van der Waals surface area contributed by atoms with Crippen LogP contribution in [-0.4, -0.2) is 31.4 Å². The maximum absolute atomic E-state index is 12.0. The van der Waals surface area contributed by atoms with Crippen LogP contribution in [0.15, 0.2) is 29.4 Å². The number of hydrogen-bond acceptors (Lipinski definition) is 5. The SMILES string of the molecule is Cc1ccc(NC(=O)[C@H](C)Sc2nnnn2C)cc1. The summed E-state index contributed by atoms with van der Waals surface area (Å²) in [6.07, 6.45) is 0. The predicted octanol–water partition coefficient (Wildman–Crippen LogP) is 1.64. The normalized spacial score (nSPS) is 12.2. The zero-order valence-corrected chi connectivity index (χ0v) is 11.8. The summed E-state index contributed by atoms with van der Waals surface area (Å²) >= 11 is 1.32. The standard InChI is InChI=1S/C12H15N5OS/c1-8-4-6-10(7-5-8)13-11(18)9(2)19-12-14-15-16-17(12)3/h4-7,9H,1-3H3,(H,13,18)/t9-/m0/s1. The number of aromatic nitrogens is 4. The number of carbonyl (C=O) groups excluding carboxylic acids is 1. The van der Waals surface area contributed by atoms with Crippen LogP contribution in [0.5, 0.6) is 0 Å². The third-order valence-corrected chi connectivity index (χ3v) is 3.68. The van der Waals surface area contributed by atoms with Crippen LogP contribution in [0.2, 0.25) is 0 Å². The Morgan fingerprint density at radius 2 is 2.05 bits per heavy atom. The first-order valence-electron chi connectivity index (χ1n) is 5.83. The molecular weight excluding hydrogens is 262 g/mol. The van der Waals surface area contributed by atoms with Crippen LogP contribution in [0.3, 0.4) is 0 Å². The number of aryl methyl sites for hydroxylation is 2. The monoisotopic (exact) mass is 277 g/mol. The summed E-state index contributed by atoms with van der Waals surface area (Å²) in [6.45, 7) is 3.83. The Labute approximate surface area is 115 Å². The van der Waals surface area contributed by atoms with Gasteiger partial charge in [0.25, 0.3) is 0 Å². The molecule has 0 aliphatic carbocycles. The van der Waals surface area contributed by atoms with Crippen LogP contribution in [0.1, 0.15) is 12.5 Å². The highest BCUT2D eigenvalue weighted by Crippen LogP contribution is 2.20. The van der Waals surface area contributed by atoms with Crippen molar-refractivity contribution in [2.75, 3.05) is 5.32 Å². The average molecular weight is 277 g/mol. The summed E-state index contributed by atoms with van der Waals surface area (Å²) in [5.41, 5.74) is 1.95. The van der Waals surface area contributed by atoms with Gasteiger partial charge in [0.2, 0.25) is 11.1 Å². The first-order chi connectivity index (χ1) is 9.06. The van der Waals surface area contributed by atoms with Crippen LogP contribution in [0.4, 0.5) is 5.69 Å². The van der Waals surface area contributed by atoms with E-state index in [0.717, 1.165) is 11.3 Å². The van der Waals surface area contributed by atoms with Crippen LogP contribution >= 0.6 is 11.8 Å². The molecule has 0 unspecified atom stereocenters. The molecule has 0 radical (unpaired) electrons. The molecule has 100 valence electrons. The van der Waals surface area contributed by atoms with Crippen molar-refractivity contribution in [1.29, 1.82) is 0 Å². The van der Waals surface area contributed by atoms with Gasteiger partial charge < -0.3 is 5.32 Å². The lowest BCUT2D eigenvalue weighted by Crippen LogP contribution is -2.22. The van der Waals surface area contributed by atoms with E-state index >= 15 is 0 Å². The van der Waals surface area contributed by atoms with Gasteiger partial charge in [0.1, 0.15) is 0 Å². The Balaban J connectivity index is 1.96. The highest BCUT2D eigenvalue weighted by atomic mass is 32.2. The number of hydrogen-bond donors (Lipinski definition) is 1. The molecular formula is C12H15N5OS. The Bertz CT molecular complexity index is 566. The molecule has 0 aliphatic rings. The molecule has 1 atom stereocenters. The first-order valence-corrected chi connectivity index (χ1v) is 6.71. The Kier molecular flexibility index (Phi) is 4.16. The highest BCUT2D eigenvalue weighted by molar-refractivity contribution is 8.00. The van der Waals surface area contributed by atoms with Crippen molar-refractivity contribution in [3.8, 4) is 0 Å². The number of anilines is 1. The van der Waals surface area contributed by atoms with Gasteiger partial charge >= 0.3 is 0 Å². The van der Waals surface area contributed by atoms with Crippen molar-refractivity contribution in [1.82, 2.24) is 20.2 Å². The van der Waals surface area contributed by atoms with E-state index in [-0.39, 0.29) is 11.2 Å². The second kappa shape index (κ2) is 5.83. The zero-order chi connectivity index (χ0) is 13.8. The fourth-order valence-corrected chi connectivity index (χ4v) is 2.17. The summed E-state index contributed by atoms with van der Waals surface area (Å²) in [5, 5.41) is 14.3. The topological polar surface area (TPSA) is 72.7 Å². The molecule has 0 saturated heterocycles. The molecule has 7 heteroatoms. The van der Waals surface area contributed by atoms with Gasteiger partial charge in [0.05, 0.1) is 5.25 Å². The van der Waals surface area contributed by atoms with Gasteiger partial charge in [-0.05, 0) is 36.4 Å². The maximum Gasteiger partial charge on any atom is 0.237 e. The van der Waals surface area contributed by atoms with Gasteiger partial charge in [-0.1, -0.05) is 29.5 Å². The van der Waals surface area contributed by atoms with Crippen molar-refractivity contribution in [3.05, 3.63) is 29.8 Å². The van der Waals surface area contributed by atoms with Gasteiger partial charge in [-0.25, -0.2) is 4.68 Å². The minimum absolute atomic E-state index is 0.0724. The number of amides is 1. The number of rotatable bonds is 4. The molecule has 6 nitrogen and oxygen atoms in total. The van der Waals surface area contributed by atoms with E-state index in [2.05, 4.69) is 20.8 Å². The van der Waals surface area contributed by atoms with Crippen molar-refractivity contribution >= 4 is 23.4 Å². The molecule has 1 amide bonds. The predicted molar refractivity (Wildman–Crippen MR) is 73.9 cm³/mol. The number of tetrazole rings is 1. The molecule has 2 rings (SSSR count). The van der Waals surface area contributed by atoms with Gasteiger partial charge in [0, 0.05) is 12.7 Å². The fraction of sp³-hybridized carbons (Fsp3) is 0.333. The summed E-state index contributed by atoms with van der Waals surface area (Å²) in [5.74, 6) is -0.0724. The molecule has 0 saturated carbocycles. The van der Waals surface area contributed by atoms with Crippen LogP contribution in [0, 0.1) is 6.92 Å². The molecule has 2 aromatic rings. The zero-order valence-electron chi connectivity index (χ0n) is 11.0. The van der Waals surface area contributed by atoms with Crippen molar-refractivity contribution in [2.45, 2.75) is 24.3 Å². The number of benzene rings is 1. The third kappa shape index (κ3) is 3.54. The smallest absolute Gasteiger partial charge is 0.237 e. The van der Waals surface area contributed by atoms with E-state index in [1.165, 1.54) is 11.8 Å². The third-order valence-electron chi connectivity index (χ3n) is 2.55. The lowest BCUT2D eigenvalue weighted by molar-refractivity contribution is -0.115. The Morgan fingerprint density at radius 1 is 1.37 bits per heavy atom. The van der Waals surface area contributed by atoms with E-state index in [4.69, 9.17) is 0 Å². The van der Waals surface area contributed by atoms with Crippen molar-refractivity contribution in [3.63, 3.8) is 0 Å². The summed E-state index contributed by atoms with van der Waals surface area (Å²) < 4.78 is 1.54. The second-order valence-corrected chi connectivity index (χ2v) is 5.51. The number of nitrogens with zero attached hydrogens (tertiary/aromatic N) is 4. The van der Waals surface area contributed by atoms with E-state index in [1.807, 2.05) is 38.1 Å². The lowest BCUT2D eigenvalue weighted by atomic mass is 10.2. The summed E-state index contributed by atoms with van der Waals surface area (Å²) in [6, 6.07) is 7.68. The molecule has 1 N–H and O–H groups in total. The largest absolute Gasteiger partial charge is 0.325 e. The minimum Gasteiger partial charge on any atom is -0.325 e. The fourth-order valence-electron chi connectivity index (χ4n) is 1.41. The molecule has 19 heavy (non-hydrogen) atoms. The Morgan fingerprint density at radius 3 is 2.63 bits per heavy atom. The summed E-state index contributed by atoms with van der Waals surface area (Å²) in [7, 11) is 1.74. The van der Waals surface area contributed by atoms with Gasteiger partial charge in [0.15, 0.2) is 0 Å². The number of thioether (sulfide) groups is 1. The molecule has 0 spiro atoms. The van der Waals surface area contributed by atoms with Crippen molar-refractivity contribution < 1.29 is 4.79 Å². The van der Waals surface area contributed by atoms with E-state index in [9.17, 15) is 4.79 Å². The van der Waals surface area contributed by atoms with Crippen LogP contribution in [0.25, 0.3) is 0 Å². The average Bonchev–Trinajstić information content (AvgIpc) is 2.78.